The number of methoxy groups -OCH3 is 1. The van der Waals surface area contributed by atoms with Crippen LogP contribution < -0.4 is 16.3 Å². The second kappa shape index (κ2) is 10.1. The normalized spacial score (nSPS) is 16.1. The molecule has 0 spiro atoms. The van der Waals surface area contributed by atoms with Crippen LogP contribution in [0.15, 0.2) is 42.4 Å². The van der Waals surface area contributed by atoms with E-state index in [0.717, 1.165) is 0 Å². The maximum atomic E-state index is 15.5. The molecular formula is C27H29F3N6O2. The minimum atomic E-state index is -0.987. The van der Waals surface area contributed by atoms with Gasteiger partial charge in [0, 0.05) is 67.0 Å². The number of pyridine rings is 2. The van der Waals surface area contributed by atoms with Crippen molar-refractivity contribution < 1.29 is 22.6 Å². The molecule has 200 valence electrons. The maximum Gasteiger partial charge on any atom is 0.238 e. The molecule has 1 saturated heterocycles. The molecule has 4 heterocycles. The predicted molar refractivity (Wildman–Crippen MR) is 138 cm³/mol. The molecule has 0 radical (unpaired) electrons. The van der Waals surface area contributed by atoms with Gasteiger partial charge in [0.15, 0.2) is 0 Å². The minimum absolute atomic E-state index is 0.241. The van der Waals surface area contributed by atoms with Gasteiger partial charge in [0.05, 0.1) is 29.9 Å². The summed E-state index contributed by atoms with van der Waals surface area (Å²) in [7, 11) is 3.14. The summed E-state index contributed by atoms with van der Waals surface area (Å²) in [5.41, 5.74) is 9.20. The van der Waals surface area contributed by atoms with Gasteiger partial charge in [-0.3, -0.25) is 4.98 Å². The molecule has 0 aliphatic carbocycles. The fourth-order valence-electron chi connectivity index (χ4n) is 5.54. The number of ether oxygens (including phenoxy) is 2. The van der Waals surface area contributed by atoms with Crippen LogP contribution in [0.5, 0.6) is 5.88 Å². The Balaban J connectivity index is 1.92. The van der Waals surface area contributed by atoms with E-state index in [9.17, 15) is 4.39 Å². The van der Waals surface area contributed by atoms with Gasteiger partial charge < -0.3 is 24.8 Å². The number of rotatable bonds is 6. The van der Waals surface area contributed by atoms with Crippen molar-refractivity contribution in [1.82, 2.24) is 19.5 Å². The minimum Gasteiger partial charge on any atom is -0.479 e. The molecule has 4 aromatic rings. The molecule has 1 aliphatic rings. The number of nitrogens with two attached hydrogens (primary N) is 2. The number of fused-ring (bicyclic) bond motifs is 3. The molecule has 5 rings (SSSR count). The third-order valence-corrected chi connectivity index (χ3v) is 7.04. The van der Waals surface area contributed by atoms with Crippen molar-refractivity contribution >= 4 is 27.6 Å². The van der Waals surface area contributed by atoms with E-state index in [4.69, 9.17) is 26.0 Å². The van der Waals surface area contributed by atoms with Crippen molar-refractivity contribution in [3.05, 3.63) is 70.9 Å². The van der Waals surface area contributed by atoms with Crippen molar-refractivity contribution in [3.8, 4) is 5.88 Å². The number of aromatic nitrogens is 3. The standard InChI is InChI=1S/C27H29F3N6O2/c1-14(31)24(35(2)32)16-10-21-23(34-13-16)18-4-7-33-27(37-3)26(18)36(21)25(15-5-8-38-9-6-15)22-19(29)11-17(28)12-20(22)30/h4,7,10-13,15,25H,5-6,8-9,31-32H2,1-3H3/b24-14-. The van der Waals surface area contributed by atoms with Gasteiger partial charge in [0.1, 0.15) is 23.0 Å². The zero-order valence-corrected chi connectivity index (χ0v) is 21.3. The first-order valence-corrected chi connectivity index (χ1v) is 12.2. The lowest BCUT2D eigenvalue weighted by atomic mass is 9.86. The fraction of sp³-hybridized carbons (Fsp3) is 0.333. The predicted octanol–water partition coefficient (Wildman–Crippen LogP) is 4.48. The van der Waals surface area contributed by atoms with Crippen molar-refractivity contribution in [2.75, 3.05) is 27.4 Å². The number of halogens is 3. The summed E-state index contributed by atoms with van der Waals surface area (Å²) >= 11 is 0. The quantitative estimate of drug-likeness (QED) is 0.282. The molecule has 1 aromatic carbocycles. The van der Waals surface area contributed by atoms with Gasteiger partial charge in [-0.05, 0) is 37.8 Å². The van der Waals surface area contributed by atoms with Crippen LogP contribution in [0.3, 0.4) is 0 Å². The van der Waals surface area contributed by atoms with Gasteiger partial charge in [0.25, 0.3) is 0 Å². The summed E-state index contributed by atoms with van der Waals surface area (Å²) in [4.78, 5) is 9.10. The first-order valence-electron chi connectivity index (χ1n) is 12.2. The Labute approximate surface area is 217 Å². The summed E-state index contributed by atoms with van der Waals surface area (Å²) in [6.45, 7) is 2.58. The molecule has 38 heavy (non-hydrogen) atoms. The van der Waals surface area contributed by atoms with Gasteiger partial charge in [0.2, 0.25) is 5.88 Å². The van der Waals surface area contributed by atoms with Crippen LogP contribution in [0.2, 0.25) is 0 Å². The maximum absolute atomic E-state index is 15.5. The summed E-state index contributed by atoms with van der Waals surface area (Å²) < 4.78 is 57.9. The van der Waals surface area contributed by atoms with E-state index >= 15 is 8.78 Å². The first kappa shape index (κ1) is 25.8. The van der Waals surface area contributed by atoms with Crippen LogP contribution in [0.25, 0.3) is 27.6 Å². The topological polar surface area (TPSA) is 104 Å². The molecule has 1 unspecified atom stereocenters. The Morgan fingerprint density at radius 2 is 1.84 bits per heavy atom. The highest BCUT2D eigenvalue weighted by molar-refractivity contribution is 6.08. The van der Waals surface area contributed by atoms with E-state index in [-0.39, 0.29) is 17.4 Å². The highest BCUT2D eigenvalue weighted by Gasteiger charge is 2.35. The number of hydrogen-bond donors (Lipinski definition) is 2. The van der Waals surface area contributed by atoms with Crippen LogP contribution >= 0.6 is 0 Å². The fourth-order valence-corrected chi connectivity index (χ4v) is 5.54. The number of nitrogens with zero attached hydrogens (tertiary/aromatic N) is 4. The molecular weight excluding hydrogens is 497 g/mol. The zero-order valence-electron chi connectivity index (χ0n) is 21.3. The van der Waals surface area contributed by atoms with E-state index in [1.165, 1.54) is 12.1 Å². The first-order chi connectivity index (χ1) is 18.2. The van der Waals surface area contributed by atoms with Gasteiger partial charge in [-0.1, -0.05) is 0 Å². The number of allylic oxidation sites excluding steroid dienone is 1. The molecule has 0 saturated carbocycles. The molecule has 3 aromatic heterocycles. The largest absolute Gasteiger partial charge is 0.479 e. The number of hydrogen-bond acceptors (Lipinski definition) is 7. The summed E-state index contributed by atoms with van der Waals surface area (Å²) in [5, 5.41) is 2.08. The van der Waals surface area contributed by atoms with Crippen molar-refractivity contribution in [3.63, 3.8) is 0 Å². The Bertz CT molecular complexity index is 1520. The average Bonchev–Trinajstić information content (AvgIpc) is 3.19. The van der Waals surface area contributed by atoms with Crippen molar-refractivity contribution in [2.45, 2.75) is 25.8 Å². The van der Waals surface area contributed by atoms with E-state index < -0.39 is 23.5 Å². The monoisotopic (exact) mass is 526 g/mol. The van der Waals surface area contributed by atoms with Gasteiger partial charge in [-0.2, -0.15) is 0 Å². The van der Waals surface area contributed by atoms with Gasteiger partial charge in [-0.15, -0.1) is 0 Å². The highest BCUT2D eigenvalue weighted by Crippen LogP contribution is 2.44. The lowest BCUT2D eigenvalue weighted by Gasteiger charge is -2.33. The van der Waals surface area contributed by atoms with Crippen LogP contribution in [0, 0.1) is 23.4 Å². The Hall–Kier alpha value is -3.83. The third-order valence-electron chi connectivity index (χ3n) is 7.04. The smallest absolute Gasteiger partial charge is 0.238 e. The van der Waals surface area contributed by atoms with Crippen molar-refractivity contribution in [2.24, 2.45) is 17.5 Å². The molecule has 0 bridgehead atoms. The Kier molecular flexibility index (Phi) is 6.89. The number of benzene rings is 1. The zero-order chi connectivity index (χ0) is 27.1. The average molecular weight is 527 g/mol. The molecule has 1 aliphatic heterocycles. The SMILES string of the molecule is COc1nccc2c3ncc(/C(=C(\C)N)N(C)N)cc3n(C(c3c(F)cc(F)cc3F)C3CCOCC3)c12. The van der Waals surface area contributed by atoms with Gasteiger partial charge in [-0.25, -0.2) is 24.0 Å². The van der Waals surface area contributed by atoms with E-state index in [0.29, 0.717) is 77.1 Å². The molecule has 1 fully saturated rings. The molecule has 11 heteroatoms. The summed E-state index contributed by atoms with van der Waals surface area (Å²) in [6.07, 6.45) is 4.31. The summed E-state index contributed by atoms with van der Waals surface area (Å²) in [6, 6.07) is 4.15. The third kappa shape index (κ3) is 4.31. The molecule has 4 N–H and O–H groups in total. The van der Waals surface area contributed by atoms with Crippen molar-refractivity contribution in [1.29, 1.82) is 0 Å². The molecule has 8 nitrogen and oxygen atoms in total. The highest BCUT2D eigenvalue weighted by atomic mass is 19.1. The Morgan fingerprint density at radius 3 is 2.45 bits per heavy atom. The van der Waals surface area contributed by atoms with Crippen LogP contribution in [0.1, 0.15) is 36.9 Å². The van der Waals surface area contributed by atoms with Crippen LogP contribution in [-0.2, 0) is 4.74 Å². The van der Waals surface area contributed by atoms with Crippen LogP contribution in [0.4, 0.5) is 13.2 Å². The van der Waals surface area contributed by atoms with E-state index in [1.807, 2.05) is 10.6 Å². The van der Waals surface area contributed by atoms with Gasteiger partial charge >= 0.3 is 0 Å². The second-order valence-electron chi connectivity index (χ2n) is 9.50. The molecule has 1 atom stereocenters. The second-order valence-corrected chi connectivity index (χ2v) is 9.50. The van der Waals surface area contributed by atoms with Crippen LogP contribution in [-0.4, -0.2) is 46.9 Å². The molecule has 0 amide bonds. The lowest BCUT2D eigenvalue weighted by molar-refractivity contribution is 0.0543. The van der Waals surface area contributed by atoms with E-state index in [1.54, 1.807) is 32.4 Å². The Morgan fingerprint density at radius 1 is 1.16 bits per heavy atom. The number of hydrazine groups is 1. The van der Waals surface area contributed by atoms with E-state index in [2.05, 4.69) is 4.98 Å². The summed E-state index contributed by atoms with van der Waals surface area (Å²) in [5.74, 6) is 3.17. The lowest BCUT2D eigenvalue weighted by Crippen LogP contribution is -2.29.